The van der Waals surface area contributed by atoms with Crippen molar-refractivity contribution >= 4 is 12.4 Å². The molecule has 0 aliphatic carbocycles. The van der Waals surface area contributed by atoms with Crippen molar-refractivity contribution < 1.29 is 0 Å². The third-order valence-corrected chi connectivity index (χ3v) is 2.06. The zero-order valence-corrected chi connectivity index (χ0v) is 9.37. The first-order chi connectivity index (χ1) is 6.90. The lowest BCUT2D eigenvalue weighted by Crippen LogP contribution is -2.05. The predicted octanol–water partition coefficient (Wildman–Crippen LogP) is 2.01. The van der Waals surface area contributed by atoms with Crippen LogP contribution in [0.2, 0.25) is 0 Å². The van der Waals surface area contributed by atoms with Crippen LogP contribution in [0, 0.1) is 0 Å². The molecule has 1 aromatic carbocycles. The van der Waals surface area contributed by atoms with Gasteiger partial charge in [-0.1, -0.05) is 12.1 Å². The van der Waals surface area contributed by atoms with Crippen molar-refractivity contribution in [2.75, 3.05) is 7.05 Å². The summed E-state index contributed by atoms with van der Waals surface area (Å²) in [7, 11) is 1.95. The van der Waals surface area contributed by atoms with Crippen LogP contribution in [0.3, 0.4) is 0 Å². The lowest BCUT2D eigenvalue weighted by atomic mass is 10.2. The van der Waals surface area contributed by atoms with Crippen molar-refractivity contribution in [1.29, 1.82) is 0 Å². The van der Waals surface area contributed by atoms with Gasteiger partial charge in [0.05, 0.1) is 5.69 Å². The minimum absolute atomic E-state index is 0. The number of hydrogen-bond donors (Lipinski definition) is 1. The molecule has 4 heteroatoms. The van der Waals surface area contributed by atoms with E-state index in [2.05, 4.69) is 22.5 Å². The molecule has 0 saturated carbocycles. The minimum atomic E-state index is 0. The highest BCUT2D eigenvalue weighted by molar-refractivity contribution is 5.85. The van der Waals surface area contributed by atoms with Crippen molar-refractivity contribution in [2.45, 2.75) is 6.54 Å². The molecule has 0 radical (unpaired) electrons. The van der Waals surface area contributed by atoms with Gasteiger partial charge in [0, 0.05) is 18.9 Å². The first-order valence-corrected chi connectivity index (χ1v) is 4.64. The third-order valence-electron chi connectivity index (χ3n) is 2.06. The molecular weight excluding hydrogens is 210 g/mol. The Morgan fingerprint density at radius 3 is 2.87 bits per heavy atom. The summed E-state index contributed by atoms with van der Waals surface area (Å²) in [6, 6.07) is 10.2. The van der Waals surface area contributed by atoms with Gasteiger partial charge in [-0.05, 0) is 30.8 Å². The van der Waals surface area contributed by atoms with Crippen LogP contribution in [0.5, 0.6) is 0 Å². The average molecular weight is 224 g/mol. The summed E-state index contributed by atoms with van der Waals surface area (Å²) in [5.41, 5.74) is 2.36. The number of benzene rings is 1. The fourth-order valence-corrected chi connectivity index (χ4v) is 1.43. The van der Waals surface area contributed by atoms with Gasteiger partial charge >= 0.3 is 0 Å². The van der Waals surface area contributed by atoms with Crippen molar-refractivity contribution in [1.82, 2.24) is 15.1 Å². The van der Waals surface area contributed by atoms with E-state index in [0.717, 1.165) is 12.2 Å². The molecule has 1 N–H and O–H groups in total. The molecule has 3 nitrogen and oxygen atoms in total. The molecule has 1 heterocycles. The summed E-state index contributed by atoms with van der Waals surface area (Å²) >= 11 is 0. The maximum Gasteiger partial charge on any atom is 0.0648 e. The van der Waals surface area contributed by atoms with Crippen LogP contribution in [0.25, 0.3) is 5.69 Å². The Balaban J connectivity index is 0.00000112. The molecule has 0 fully saturated rings. The molecule has 0 aliphatic heterocycles. The van der Waals surface area contributed by atoms with Gasteiger partial charge in [0.25, 0.3) is 0 Å². The first kappa shape index (κ1) is 11.8. The van der Waals surface area contributed by atoms with Crippen molar-refractivity contribution in [3.63, 3.8) is 0 Å². The fourth-order valence-electron chi connectivity index (χ4n) is 1.43. The van der Waals surface area contributed by atoms with Crippen LogP contribution in [0.15, 0.2) is 42.7 Å². The van der Waals surface area contributed by atoms with E-state index in [0.29, 0.717) is 0 Å². The van der Waals surface area contributed by atoms with Gasteiger partial charge in [-0.15, -0.1) is 12.4 Å². The maximum atomic E-state index is 4.18. The van der Waals surface area contributed by atoms with Gasteiger partial charge in [0.2, 0.25) is 0 Å². The predicted molar refractivity (Wildman–Crippen MR) is 63.6 cm³/mol. The lowest BCUT2D eigenvalue weighted by Gasteiger charge is -2.04. The quantitative estimate of drug-likeness (QED) is 0.863. The third kappa shape index (κ3) is 2.81. The lowest BCUT2D eigenvalue weighted by molar-refractivity contribution is 0.811. The van der Waals surface area contributed by atoms with E-state index < -0.39 is 0 Å². The summed E-state index contributed by atoms with van der Waals surface area (Å²) < 4.78 is 1.86. The summed E-state index contributed by atoms with van der Waals surface area (Å²) in [4.78, 5) is 0. The van der Waals surface area contributed by atoms with Gasteiger partial charge in [0.15, 0.2) is 0 Å². The van der Waals surface area contributed by atoms with Crippen LogP contribution in [0.1, 0.15) is 5.56 Å². The van der Waals surface area contributed by atoms with E-state index in [-0.39, 0.29) is 12.4 Å². The van der Waals surface area contributed by atoms with Crippen LogP contribution in [0.4, 0.5) is 0 Å². The van der Waals surface area contributed by atoms with E-state index in [4.69, 9.17) is 0 Å². The molecule has 0 saturated heterocycles. The normalized spacial score (nSPS) is 9.67. The van der Waals surface area contributed by atoms with E-state index in [1.165, 1.54) is 5.56 Å². The van der Waals surface area contributed by atoms with Crippen molar-refractivity contribution in [3.05, 3.63) is 48.3 Å². The fraction of sp³-hybridized carbons (Fsp3) is 0.182. The van der Waals surface area contributed by atoms with E-state index in [1.54, 1.807) is 6.20 Å². The maximum absolute atomic E-state index is 4.18. The number of hydrogen-bond acceptors (Lipinski definition) is 2. The number of nitrogens with zero attached hydrogens (tertiary/aromatic N) is 2. The molecule has 0 spiro atoms. The molecule has 15 heavy (non-hydrogen) atoms. The second kappa shape index (κ2) is 5.53. The second-order valence-electron chi connectivity index (χ2n) is 3.15. The highest BCUT2D eigenvalue weighted by atomic mass is 35.5. The standard InChI is InChI=1S/C11H13N3.ClH/c1-12-9-10-4-2-5-11(8-10)14-7-3-6-13-14;/h2-8,12H,9H2,1H3;1H. The van der Waals surface area contributed by atoms with Crippen LogP contribution >= 0.6 is 12.4 Å². The number of halogens is 1. The Morgan fingerprint density at radius 2 is 2.20 bits per heavy atom. The van der Waals surface area contributed by atoms with Crippen molar-refractivity contribution in [3.8, 4) is 5.69 Å². The van der Waals surface area contributed by atoms with Crippen molar-refractivity contribution in [2.24, 2.45) is 0 Å². The highest BCUT2D eigenvalue weighted by Gasteiger charge is 1.96. The Kier molecular flexibility index (Phi) is 4.34. The van der Waals surface area contributed by atoms with Gasteiger partial charge in [-0.3, -0.25) is 0 Å². The molecule has 0 aliphatic rings. The summed E-state index contributed by atoms with van der Waals surface area (Å²) in [6.45, 7) is 0.884. The first-order valence-electron chi connectivity index (χ1n) is 4.64. The van der Waals surface area contributed by atoms with Gasteiger partial charge in [-0.25, -0.2) is 4.68 Å². The summed E-state index contributed by atoms with van der Waals surface area (Å²) in [5, 5.41) is 7.31. The zero-order valence-electron chi connectivity index (χ0n) is 8.55. The topological polar surface area (TPSA) is 29.9 Å². The Bertz CT molecular complexity index is 398. The van der Waals surface area contributed by atoms with E-state index in [1.807, 2.05) is 36.1 Å². The Labute approximate surface area is 95.5 Å². The van der Waals surface area contributed by atoms with Crippen LogP contribution < -0.4 is 5.32 Å². The second-order valence-corrected chi connectivity index (χ2v) is 3.15. The molecule has 80 valence electrons. The van der Waals surface area contributed by atoms with E-state index >= 15 is 0 Å². The average Bonchev–Trinajstić information content (AvgIpc) is 2.71. The SMILES string of the molecule is CNCc1cccc(-n2cccn2)c1.Cl. The number of aromatic nitrogens is 2. The van der Waals surface area contributed by atoms with Crippen LogP contribution in [-0.4, -0.2) is 16.8 Å². The molecule has 2 rings (SSSR count). The Morgan fingerprint density at radius 1 is 1.33 bits per heavy atom. The number of nitrogens with one attached hydrogen (secondary N) is 1. The minimum Gasteiger partial charge on any atom is -0.316 e. The van der Waals surface area contributed by atoms with Gasteiger partial charge in [0.1, 0.15) is 0 Å². The molecular formula is C11H14ClN3. The molecule has 0 unspecified atom stereocenters. The van der Waals surface area contributed by atoms with E-state index in [9.17, 15) is 0 Å². The smallest absolute Gasteiger partial charge is 0.0648 e. The molecule has 0 amide bonds. The van der Waals surface area contributed by atoms with Crippen LogP contribution in [-0.2, 0) is 6.54 Å². The highest BCUT2D eigenvalue weighted by Crippen LogP contribution is 2.08. The molecule has 0 bridgehead atoms. The van der Waals surface area contributed by atoms with Gasteiger partial charge in [-0.2, -0.15) is 5.10 Å². The van der Waals surface area contributed by atoms with Gasteiger partial charge < -0.3 is 5.32 Å². The zero-order chi connectivity index (χ0) is 9.80. The summed E-state index contributed by atoms with van der Waals surface area (Å²) in [5.74, 6) is 0. The molecule has 1 aromatic heterocycles. The largest absolute Gasteiger partial charge is 0.316 e. The number of rotatable bonds is 3. The molecule has 0 atom stereocenters. The monoisotopic (exact) mass is 223 g/mol. The molecule has 2 aromatic rings. The Hall–Kier alpha value is -1.32. The summed E-state index contributed by atoms with van der Waals surface area (Å²) in [6.07, 6.45) is 3.73.